The second-order valence-electron chi connectivity index (χ2n) is 11.2. The molecule has 9 nitrogen and oxygen atoms in total. The van der Waals surface area contributed by atoms with E-state index in [4.69, 9.17) is 0 Å². The van der Waals surface area contributed by atoms with Crippen LogP contribution in [0.3, 0.4) is 0 Å². The highest BCUT2D eigenvalue weighted by Gasteiger charge is 2.64. The Bertz CT molecular complexity index is 1200. The first-order chi connectivity index (χ1) is 17.1. The SMILES string of the molecule is CC(C)(C)C[C@H](NC(=O)C(=O)NC1(C(F)(F)F)CC1)C(=O)N1C[C@]2(C[C@H]1C#N)C(=O)Nc1ccccc12. The average molecular weight is 520 g/mol. The number of anilines is 1. The predicted molar refractivity (Wildman–Crippen MR) is 125 cm³/mol. The van der Waals surface area contributed by atoms with E-state index in [1.54, 1.807) is 50.4 Å². The van der Waals surface area contributed by atoms with Gasteiger partial charge in [0, 0.05) is 18.7 Å². The molecule has 0 bridgehead atoms. The molecule has 1 aliphatic carbocycles. The summed E-state index contributed by atoms with van der Waals surface area (Å²) in [6, 6.07) is 6.75. The van der Waals surface area contributed by atoms with Crippen molar-refractivity contribution in [3.05, 3.63) is 29.8 Å². The third-order valence-electron chi connectivity index (χ3n) is 7.19. The van der Waals surface area contributed by atoms with Crippen molar-refractivity contribution in [1.82, 2.24) is 15.5 Å². The van der Waals surface area contributed by atoms with Crippen molar-refractivity contribution in [2.75, 3.05) is 11.9 Å². The quantitative estimate of drug-likeness (QED) is 0.525. The van der Waals surface area contributed by atoms with Crippen LogP contribution in [0.1, 0.15) is 52.0 Å². The van der Waals surface area contributed by atoms with Crippen LogP contribution in [0.4, 0.5) is 18.9 Å². The molecule has 0 unspecified atom stereocenters. The summed E-state index contributed by atoms with van der Waals surface area (Å²) < 4.78 is 39.7. The highest BCUT2D eigenvalue weighted by molar-refractivity contribution is 6.35. The van der Waals surface area contributed by atoms with Gasteiger partial charge in [-0.2, -0.15) is 18.4 Å². The Kier molecular flexibility index (Phi) is 6.25. The molecule has 2 aliphatic heterocycles. The van der Waals surface area contributed by atoms with E-state index < -0.39 is 52.4 Å². The van der Waals surface area contributed by atoms with E-state index in [9.17, 15) is 37.6 Å². The van der Waals surface area contributed by atoms with Crippen molar-refractivity contribution in [3.63, 3.8) is 0 Å². The minimum Gasteiger partial charge on any atom is -0.336 e. The summed E-state index contributed by atoms with van der Waals surface area (Å²) in [5.41, 5.74) is -2.86. The fourth-order valence-corrected chi connectivity index (χ4v) is 5.10. The Morgan fingerprint density at radius 3 is 2.41 bits per heavy atom. The molecule has 1 spiro atoms. The molecule has 0 radical (unpaired) electrons. The zero-order valence-electron chi connectivity index (χ0n) is 20.7. The molecule has 2 heterocycles. The van der Waals surface area contributed by atoms with E-state index in [1.807, 2.05) is 0 Å². The largest absolute Gasteiger partial charge is 0.411 e. The Morgan fingerprint density at radius 1 is 1.19 bits per heavy atom. The number of nitriles is 1. The molecule has 3 N–H and O–H groups in total. The number of alkyl halides is 3. The first-order valence-electron chi connectivity index (χ1n) is 11.9. The Morgan fingerprint density at radius 2 is 1.84 bits per heavy atom. The first kappa shape index (κ1) is 26.4. The molecule has 3 aliphatic rings. The summed E-state index contributed by atoms with van der Waals surface area (Å²) in [5.74, 6) is -3.89. The number of halogens is 3. The molecular weight excluding hydrogens is 491 g/mol. The standard InChI is InChI=1S/C25H28F3N5O4/c1-22(2,3)11-17(30-18(34)19(35)32-24(8-9-24)25(26,27)28)20(36)33-13-23(10-14(33)12-29)15-6-4-5-7-16(15)31-21(23)37/h4-7,14,17H,8-11,13H2,1-3H3,(H,30,34)(H,31,37)(H,32,35)/t14-,17-,23-/m0/s1. The monoisotopic (exact) mass is 519 g/mol. The molecule has 4 rings (SSSR count). The van der Waals surface area contributed by atoms with Crippen LogP contribution in [-0.4, -0.2) is 58.9 Å². The molecule has 2 fully saturated rings. The van der Waals surface area contributed by atoms with E-state index in [0.29, 0.717) is 11.3 Å². The van der Waals surface area contributed by atoms with Crippen molar-refractivity contribution in [1.29, 1.82) is 5.26 Å². The number of nitrogens with one attached hydrogen (secondary N) is 3. The van der Waals surface area contributed by atoms with Crippen LogP contribution in [-0.2, 0) is 24.6 Å². The molecule has 1 aromatic carbocycles. The lowest BCUT2D eigenvalue weighted by atomic mass is 9.80. The van der Waals surface area contributed by atoms with Gasteiger partial charge < -0.3 is 20.9 Å². The van der Waals surface area contributed by atoms with Gasteiger partial charge >= 0.3 is 18.0 Å². The fraction of sp³-hybridized carbons (Fsp3) is 0.560. The average Bonchev–Trinajstić information content (AvgIpc) is 3.41. The smallest absolute Gasteiger partial charge is 0.336 e. The highest BCUT2D eigenvalue weighted by Crippen LogP contribution is 2.49. The minimum absolute atomic E-state index is 0.0414. The maximum absolute atomic E-state index is 13.7. The van der Waals surface area contributed by atoms with Crippen LogP contribution in [0.5, 0.6) is 0 Å². The molecule has 1 saturated heterocycles. The highest BCUT2D eigenvalue weighted by atomic mass is 19.4. The number of amides is 4. The van der Waals surface area contributed by atoms with Crippen LogP contribution in [0.25, 0.3) is 0 Å². The van der Waals surface area contributed by atoms with E-state index in [2.05, 4.69) is 16.7 Å². The lowest BCUT2D eigenvalue weighted by molar-refractivity contribution is -0.171. The third-order valence-corrected chi connectivity index (χ3v) is 7.19. The third kappa shape index (κ3) is 4.74. The lowest BCUT2D eigenvalue weighted by Gasteiger charge is -2.31. The number of nitrogens with zero attached hydrogens (tertiary/aromatic N) is 2. The van der Waals surface area contributed by atoms with Gasteiger partial charge in [-0.15, -0.1) is 0 Å². The zero-order valence-corrected chi connectivity index (χ0v) is 20.7. The van der Waals surface area contributed by atoms with E-state index in [-0.39, 0.29) is 38.1 Å². The molecule has 1 saturated carbocycles. The minimum atomic E-state index is -4.70. The zero-order chi connectivity index (χ0) is 27.4. The van der Waals surface area contributed by atoms with Crippen LogP contribution in [0, 0.1) is 16.7 Å². The molecule has 12 heteroatoms. The van der Waals surface area contributed by atoms with Gasteiger partial charge in [-0.05, 0) is 36.3 Å². The number of likely N-dealkylation sites (tertiary alicyclic amines) is 1. The summed E-state index contributed by atoms with van der Waals surface area (Å²) in [6.45, 7) is 5.25. The number of benzene rings is 1. The maximum Gasteiger partial charge on any atom is 0.411 e. The lowest BCUT2D eigenvalue weighted by Crippen LogP contribution is -2.57. The van der Waals surface area contributed by atoms with Gasteiger partial charge in [0.1, 0.15) is 17.6 Å². The molecule has 4 amide bonds. The number of fused-ring (bicyclic) bond motifs is 2. The molecular formula is C25H28F3N5O4. The Hall–Kier alpha value is -3.62. The molecule has 3 atom stereocenters. The van der Waals surface area contributed by atoms with Crippen molar-refractivity contribution >= 4 is 29.3 Å². The Labute approximate surface area is 211 Å². The first-order valence-corrected chi connectivity index (χ1v) is 11.9. The predicted octanol–water partition coefficient (Wildman–Crippen LogP) is 2.13. The van der Waals surface area contributed by atoms with E-state index in [1.165, 1.54) is 4.90 Å². The molecule has 198 valence electrons. The summed E-state index contributed by atoms with van der Waals surface area (Å²) in [4.78, 5) is 52.9. The van der Waals surface area contributed by atoms with Gasteiger partial charge in [-0.25, -0.2) is 0 Å². The Balaban J connectivity index is 1.56. The second kappa shape index (κ2) is 8.75. The molecule has 1 aromatic rings. The van der Waals surface area contributed by atoms with Crippen molar-refractivity contribution in [3.8, 4) is 6.07 Å². The number of hydrogen-bond donors (Lipinski definition) is 3. The van der Waals surface area contributed by atoms with Crippen LogP contribution < -0.4 is 16.0 Å². The van der Waals surface area contributed by atoms with Gasteiger partial charge in [-0.1, -0.05) is 39.0 Å². The van der Waals surface area contributed by atoms with Crippen LogP contribution in [0.15, 0.2) is 24.3 Å². The van der Waals surface area contributed by atoms with Crippen LogP contribution in [0.2, 0.25) is 0 Å². The van der Waals surface area contributed by atoms with E-state index in [0.717, 1.165) is 0 Å². The van der Waals surface area contributed by atoms with Crippen molar-refractivity contribution in [2.24, 2.45) is 5.41 Å². The fourth-order valence-electron chi connectivity index (χ4n) is 5.10. The number of hydrogen-bond acceptors (Lipinski definition) is 5. The topological polar surface area (TPSA) is 131 Å². The van der Waals surface area contributed by atoms with Gasteiger partial charge in [0.2, 0.25) is 11.8 Å². The van der Waals surface area contributed by atoms with Gasteiger partial charge in [-0.3, -0.25) is 19.2 Å². The summed E-state index contributed by atoms with van der Waals surface area (Å²) in [6.07, 6.45) is -5.28. The number of para-hydroxylation sites is 1. The molecule has 0 aromatic heterocycles. The van der Waals surface area contributed by atoms with Gasteiger partial charge in [0.25, 0.3) is 0 Å². The summed E-state index contributed by atoms with van der Waals surface area (Å²) in [5, 5.41) is 16.7. The van der Waals surface area contributed by atoms with Crippen LogP contribution >= 0.6 is 0 Å². The van der Waals surface area contributed by atoms with Gasteiger partial charge in [0.05, 0.1) is 11.5 Å². The molecule has 37 heavy (non-hydrogen) atoms. The summed E-state index contributed by atoms with van der Waals surface area (Å²) in [7, 11) is 0. The number of carbonyl (C=O) groups excluding carboxylic acids is 4. The van der Waals surface area contributed by atoms with Gasteiger partial charge in [0.15, 0.2) is 0 Å². The second-order valence-corrected chi connectivity index (χ2v) is 11.2. The van der Waals surface area contributed by atoms with Crippen molar-refractivity contribution < 1.29 is 32.3 Å². The van der Waals surface area contributed by atoms with Crippen molar-refractivity contribution in [2.45, 2.75) is 75.7 Å². The normalized spacial score (nSPS) is 24.6. The van der Waals surface area contributed by atoms with E-state index >= 15 is 0 Å². The maximum atomic E-state index is 13.7. The number of carbonyl (C=O) groups is 4. The number of rotatable bonds is 4. The summed E-state index contributed by atoms with van der Waals surface area (Å²) >= 11 is 0.